The quantitative estimate of drug-likeness (QED) is 0.167. The van der Waals surface area contributed by atoms with Crippen LogP contribution in [0.3, 0.4) is 0 Å². The molecule has 2 aliphatic heterocycles. The van der Waals surface area contributed by atoms with E-state index in [9.17, 15) is 19.2 Å². The minimum absolute atomic E-state index is 0.0341. The second-order valence-corrected chi connectivity index (χ2v) is 14.2. The summed E-state index contributed by atoms with van der Waals surface area (Å²) in [6, 6.07) is 22.2. The maximum absolute atomic E-state index is 13.6. The molecular weight excluding hydrogens is 711 g/mol. The van der Waals surface area contributed by atoms with Gasteiger partial charge in [-0.3, -0.25) is 19.2 Å². The van der Waals surface area contributed by atoms with Crippen molar-refractivity contribution in [3.8, 4) is 0 Å². The lowest BCUT2D eigenvalue weighted by Crippen LogP contribution is -2.25. The predicted molar refractivity (Wildman–Crippen MR) is 207 cm³/mol. The number of aryl methyl sites for hydroxylation is 3. The molecule has 2 atom stereocenters. The monoisotopic (exact) mass is 750 g/mol. The summed E-state index contributed by atoms with van der Waals surface area (Å²) in [4.78, 5) is 52.3. The number of hydrogen-bond donors (Lipinski definition) is 2. The zero-order valence-corrected chi connectivity index (χ0v) is 31.5. The van der Waals surface area contributed by atoms with E-state index in [0.717, 1.165) is 44.5 Å². The van der Waals surface area contributed by atoms with E-state index in [1.807, 2.05) is 39.8 Å². The highest BCUT2D eigenvalue weighted by Gasteiger charge is 2.29. The third kappa shape index (κ3) is 8.73. The average molecular weight is 752 g/mol. The molecule has 0 saturated carbocycles. The van der Waals surface area contributed by atoms with E-state index in [1.54, 1.807) is 48.5 Å². The lowest BCUT2D eigenvalue weighted by Gasteiger charge is -2.25. The molecule has 0 bridgehead atoms. The van der Waals surface area contributed by atoms with Crippen LogP contribution in [0.2, 0.25) is 10.0 Å². The molecule has 272 valence electrons. The molecule has 2 heterocycles. The van der Waals surface area contributed by atoms with Crippen molar-refractivity contribution in [2.24, 2.45) is 0 Å². The molecule has 8 nitrogen and oxygen atoms in total. The van der Waals surface area contributed by atoms with Gasteiger partial charge in [-0.1, -0.05) is 85.6 Å². The third-order valence-corrected chi connectivity index (χ3v) is 10.0. The van der Waals surface area contributed by atoms with E-state index < -0.39 is 24.0 Å². The molecule has 0 aromatic heterocycles. The summed E-state index contributed by atoms with van der Waals surface area (Å²) >= 11 is 12.1. The Balaban J connectivity index is 1.19. The Hall–Kier alpha value is -5.18. The summed E-state index contributed by atoms with van der Waals surface area (Å²) in [5, 5.41) is 7.19. The van der Waals surface area contributed by atoms with Crippen molar-refractivity contribution in [3.05, 3.63) is 151 Å². The van der Waals surface area contributed by atoms with Gasteiger partial charge >= 0.3 is 0 Å². The third-order valence-electron chi connectivity index (χ3n) is 9.53. The Kier molecular flexibility index (Phi) is 11.5. The van der Waals surface area contributed by atoms with Crippen LogP contribution in [0.4, 0.5) is 11.4 Å². The predicted octanol–water partition coefficient (Wildman–Crippen LogP) is 9.43. The SMILES string of the molecule is CCc1cc(Cc2ccc(C)c(NC(=O)C3=CC(=O)C[C@H](c4ccc(Cl)cc4)O3)c2CC)cc(C)c1NC(=O)C1=CC(=O)C[C@H](c2ccc(Cl)cc2)O1. The van der Waals surface area contributed by atoms with Crippen LogP contribution in [0.5, 0.6) is 0 Å². The van der Waals surface area contributed by atoms with Crippen LogP contribution in [0.25, 0.3) is 0 Å². The van der Waals surface area contributed by atoms with Gasteiger partial charge in [0.1, 0.15) is 12.2 Å². The summed E-state index contributed by atoms with van der Waals surface area (Å²) in [7, 11) is 0. The molecule has 53 heavy (non-hydrogen) atoms. The molecule has 0 aliphatic carbocycles. The van der Waals surface area contributed by atoms with Gasteiger partial charge in [0.25, 0.3) is 11.8 Å². The van der Waals surface area contributed by atoms with Gasteiger partial charge in [-0.2, -0.15) is 0 Å². The molecule has 0 spiro atoms. The first kappa shape index (κ1) is 37.6. The van der Waals surface area contributed by atoms with Crippen LogP contribution in [0.15, 0.2) is 96.5 Å². The molecule has 0 unspecified atom stereocenters. The number of ketones is 2. The summed E-state index contributed by atoms with van der Waals surface area (Å²) in [5.74, 6) is -1.44. The van der Waals surface area contributed by atoms with E-state index in [4.69, 9.17) is 32.7 Å². The van der Waals surface area contributed by atoms with Crippen LogP contribution in [0.1, 0.15) is 83.4 Å². The highest BCUT2D eigenvalue weighted by Crippen LogP contribution is 2.34. The Morgan fingerprint density at radius 1 is 0.660 bits per heavy atom. The fourth-order valence-corrected chi connectivity index (χ4v) is 7.07. The maximum atomic E-state index is 13.6. The summed E-state index contributed by atoms with van der Waals surface area (Å²) < 4.78 is 12.0. The number of hydrogen-bond acceptors (Lipinski definition) is 6. The first-order valence-corrected chi connectivity index (χ1v) is 18.4. The molecule has 2 amide bonds. The average Bonchev–Trinajstić information content (AvgIpc) is 3.14. The molecule has 2 N–H and O–H groups in total. The van der Waals surface area contributed by atoms with Crippen LogP contribution in [-0.2, 0) is 47.9 Å². The molecule has 0 saturated heterocycles. The van der Waals surface area contributed by atoms with Crippen LogP contribution < -0.4 is 10.6 Å². The second-order valence-electron chi connectivity index (χ2n) is 13.3. The van der Waals surface area contributed by atoms with Gasteiger partial charge in [-0.05, 0) is 102 Å². The lowest BCUT2D eigenvalue weighted by molar-refractivity contribution is -0.124. The smallest absolute Gasteiger partial charge is 0.290 e. The van der Waals surface area contributed by atoms with Crippen LogP contribution >= 0.6 is 23.2 Å². The van der Waals surface area contributed by atoms with Gasteiger partial charge in [-0.15, -0.1) is 0 Å². The number of benzene rings is 4. The van der Waals surface area contributed by atoms with Crippen LogP contribution in [-0.4, -0.2) is 23.4 Å². The number of nitrogens with one attached hydrogen (secondary N) is 2. The summed E-state index contributed by atoms with van der Waals surface area (Å²) in [5.41, 5.74) is 8.62. The molecule has 10 heteroatoms. The molecule has 0 fully saturated rings. The van der Waals surface area contributed by atoms with Crippen molar-refractivity contribution in [2.75, 3.05) is 10.6 Å². The van der Waals surface area contributed by atoms with Gasteiger partial charge in [0, 0.05) is 33.6 Å². The van der Waals surface area contributed by atoms with Gasteiger partial charge in [0.15, 0.2) is 23.1 Å². The molecule has 4 aromatic rings. The van der Waals surface area contributed by atoms with E-state index in [0.29, 0.717) is 40.7 Å². The molecule has 6 rings (SSSR count). The molecule has 0 radical (unpaired) electrons. The van der Waals surface area contributed by atoms with Crippen LogP contribution in [0, 0.1) is 13.8 Å². The maximum Gasteiger partial charge on any atom is 0.290 e. The largest absolute Gasteiger partial charge is 0.479 e. The molecule has 2 aliphatic rings. The van der Waals surface area contributed by atoms with E-state index in [1.165, 1.54) is 12.2 Å². The van der Waals surface area contributed by atoms with Crippen molar-refractivity contribution in [3.63, 3.8) is 0 Å². The number of anilines is 2. The summed E-state index contributed by atoms with van der Waals surface area (Å²) in [6.45, 7) is 7.93. The number of carbonyl (C=O) groups excluding carboxylic acids is 4. The normalized spacial score (nSPS) is 16.9. The fourth-order valence-electron chi connectivity index (χ4n) is 6.82. The van der Waals surface area contributed by atoms with E-state index in [2.05, 4.69) is 22.8 Å². The molecular formula is C43H40Cl2N2O6. The fraction of sp³-hybridized carbons (Fsp3) is 0.256. The molecule has 4 aromatic carbocycles. The van der Waals surface area contributed by atoms with Gasteiger partial charge < -0.3 is 20.1 Å². The van der Waals surface area contributed by atoms with Gasteiger partial charge in [0.2, 0.25) is 0 Å². The standard InChI is InChI=1S/C43H40Cl2N2O6/c1-5-27-18-26(17-25(4)40(27)46-42(50)38-22-33(48)20-36(52-38)28-9-13-31(44)14-10-28)19-30-8-7-24(3)41(35(30)6-2)47-43(51)39-23-34(49)21-37(53-39)29-11-15-32(45)16-12-29/h7-18,22-23,36-37H,5-6,19-21H2,1-4H3,(H,46,50)(H,47,51)/t36-,37-/m1/s1. The number of ether oxygens (including phenoxy) is 2. The van der Waals surface area contributed by atoms with Crippen molar-refractivity contribution in [1.82, 2.24) is 0 Å². The van der Waals surface area contributed by atoms with E-state index >= 15 is 0 Å². The topological polar surface area (TPSA) is 111 Å². The number of rotatable bonds is 10. The Morgan fingerprint density at radius 3 is 1.66 bits per heavy atom. The van der Waals surface area contributed by atoms with Crippen molar-refractivity contribution < 1.29 is 28.7 Å². The Labute approximate surface area is 319 Å². The van der Waals surface area contributed by atoms with Crippen molar-refractivity contribution >= 4 is 58.0 Å². The second kappa shape index (κ2) is 16.2. The van der Waals surface area contributed by atoms with Crippen molar-refractivity contribution in [2.45, 2.75) is 72.0 Å². The first-order valence-electron chi connectivity index (χ1n) is 17.6. The van der Waals surface area contributed by atoms with Gasteiger partial charge in [0.05, 0.1) is 12.8 Å². The first-order chi connectivity index (χ1) is 25.4. The number of halogens is 2. The zero-order chi connectivity index (χ0) is 37.8. The minimum atomic E-state index is -0.590. The zero-order valence-electron chi connectivity index (χ0n) is 30.0. The Bertz CT molecular complexity index is 2150. The number of carbonyl (C=O) groups is 4. The van der Waals surface area contributed by atoms with E-state index in [-0.39, 0.29) is 35.9 Å². The highest BCUT2D eigenvalue weighted by atomic mass is 35.5. The number of allylic oxidation sites excluding steroid dienone is 2. The minimum Gasteiger partial charge on any atom is -0.479 e. The lowest BCUT2D eigenvalue weighted by atomic mass is 9.92. The Morgan fingerprint density at radius 2 is 1.17 bits per heavy atom. The van der Waals surface area contributed by atoms with Gasteiger partial charge in [-0.25, -0.2) is 0 Å². The highest BCUT2D eigenvalue weighted by molar-refractivity contribution is 6.30. The van der Waals surface area contributed by atoms with Crippen molar-refractivity contribution in [1.29, 1.82) is 0 Å². The number of amides is 2. The summed E-state index contributed by atoms with van der Waals surface area (Å²) in [6.07, 6.45) is 3.48.